The van der Waals surface area contributed by atoms with Crippen LogP contribution in [0.3, 0.4) is 0 Å². The molecule has 0 spiro atoms. The average Bonchev–Trinajstić information content (AvgIpc) is 2.45. The van der Waals surface area contributed by atoms with Crippen molar-refractivity contribution >= 4 is 28.2 Å². The largest absolute Gasteiger partial charge is 0.379 e. The maximum Gasteiger partial charge on any atom is 0.0737 e. The van der Waals surface area contributed by atoms with Crippen molar-refractivity contribution in [2.24, 2.45) is 17.8 Å². The van der Waals surface area contributed by atoms with Crippen molar-refractivity contribution in [1.82, 2.24) is 4.98 Å². The fraction of sp³-hybridized carbons (Fsp3) is 0.526. The highest BCUT2D eigenvalue weighted by Crippen LogP contribution is 2.56. The van der Waals surface area contributed by atoms with Gasteiger partial charge in [0.1, 0.15) is 0 Å². The number of halogens is 1. The molecule has 2 aromatic rings. The number of hydrogen-bond acceptors (Lipinski definition) is 2. The van der Waals surface area contributed by atoms with Crippen LogP contribution >= 0.6 is 11.6 Å². The molecule has 4 saturated carbocycles. The van der Waals surface area contributed by atoms with E-state index in [1.165, 1.54) is 49.6 Å². The average molecular weight is 313 g/mol. The molecule has 0 atom stereocenters. The van der Waals surface area contributed by atoms with Crippen LogP contribution in [-0.2, 0) is 0 Å². The summed E-state index contributed by atoms with van der Waals surface area (Å²) in [4.78, 5) is 4.47. The minimum atomic E-state index is 0.336. The van der Waals surface area contributed by atoms with Crippen LogP contribution in [0.15, 0.2) is 30.5 Å². The molecule has 4 bridgehead atoms. The van der Waals surface area contributed by atoms with Gasteiger partial charge in [0.05, 0.1) is 5.52 Å². The molecule has 1 aromatic carbocycles. The number of pyridine rings is 1. The summed E-state index contributed by atoms with van der Waals surface area (Å²) in [6, 6.07) is 8.17. The van der Waals surface area contributed by atoms with Crippen LogP contribution in [0.4, 0.5) is 5.69 Å². The van der Waals surface area contributed by atoms with E-state index < -0.39 is 0 Å². The third-order valence-corrected chi connectivity index (χ3v) is 6.38. The van der Waals surface area contributed by atoms with Gasteiger partial charge in [-0.25, -0.2) is 0 Å². The number of fused-ring (bicyclic) bond motifs is 1. The van der Waals surface area contributed by atoms with Gasteiger partial charge in [-0.05, 0) is 80.5 Å². The normalized spacial score (nSPS) is 36.0. The summed E-state index contributed by atoms with van der Waals surface area (Å²) in [5.41, 5.74) is 2.56. The van der Waals surface area contributed by atoms with Gasteiger partial charge < -0.3 is 5.32 Å². The molecule has 0 aliphatic heterocycles. The van der Waals surface area contributed by atoms with E-state index in [-0.39, 0.29) is 0 Å². The highest BCUT2D eigenvalue weighted by atomic mass is 35.5. The first-order valence-corrected chi connectivity index (χ1v) is 8.89. The molecule has 0 amide bonds. The van der Waals surface area contributed by atoms with Crippen molar-refractivity contribution in [2.75, 3.05) is 5.32 Å². The van der Waals surface area contributed by atoms with Crippen LogP contribution in [0.1, 0.15) is 38.5 Å². The number of nitrogens with zero attached hydrogens (tertiary/aromatic N) is 1. The van der Waals surface area contributed by atoms with Crippen molar-refractivity contribution in [2.45, 2.75) is 44.1 Å². The molecule has 1 aromatic heterocycles. The van der Waals surface area contributed by atoms with Crippen LogP contribution in [-0.4, -0.2) is 10.5 Å². The lowest BCUT2D eigenvalue weighted by atomic mass is 9.53. The van der Waals surface area contributed by atoms with Crippen LogP contribution in [0.2, 0.25) is 5.02 Å². The van der Waals surface area contributed by atoms with Gasteiger partial charge in [0.2, 0.25) is 0 Å². The summed E-state index contributed by atoms with van der Waals surface area (Å²) in [7, 11) is 0. The van der Waals surface area contributed by atoms with Crippen LogP contribution in [0, 0.1) is 17.8 Å². The van der Waals surface area contributed by atoms with Crippen molar-refractivity contribution in [1.29, 1.82) is 0 Å². The molecule has 114 valence electrons. The second kappa shape index (κ2) is 4.61. The van der Waals surface area contributed by atoms with Crippen LogP contribution in [0.25, 0.3) is 10.9 Å². The predicted octanol–water partition coefficient (Wildman–Crippen LogP) is 5.27. The molecule has 1 N–H and O–H groups in total. The lowest BCUT2D eigenvalue weighted by Gasteiger charge is -2.57. The quantitative estimate of drug-likeness (QED) is 0.817. The molecule has 0 radical (unpaired) electrons. The van der Waals surface area contributed by atoms with Crippen molar-refractivity contribution in [3.05, 3.63) is 35.5 Å². The zero-order valence-corrected chi connectivity index (χ0v) is 13.4. The molecule has 4 aliphatic carbocycles. The Balaban J connectivity index is 1.54. The number of hydrogen-bond donors (Lipinski definition) is 1. The first-order valence-electron chi connectivity index (χ1n) is 8.52. The highest BCUT2D eigenvalue weighted by Gasteiger charge is 2.50. The molecular formula is C19H21ClN2. The molecule has 0 unspecified atom stereocenters. The summed E-state index contributed by atoms with van der Waals surface area (Å²) in [5.74, 6) is 2.88. The second-order valence-electron chi connectivity index (χ2n) is 7.84. The topological polar surface area (TPSA) is 24.9 Å². The Bertz CT molecular complexity index is 704. The Morgan fingerprint density at radius 2 is 1.68 bits per heavy atom. The van der Waals surface area contributed by atoms with Crippen LogP contribution < -0.4 is 5.32 Å². The molecule has 4 aliphatic rings. The number of nitrogens with one attached hydrogen (secondary N) is 1. The molecule has 0 saturated heterocycles. The Morgan fingerprint density at radius 1 is 1.00 bits per heavy atom. The maximum atomic E-state index is 6.11. The zero-order valence-electron chi connectivity index (χ0n) is 12.7. The molecule has 6 rings (SSSR count). The highest BCUT2D eigenvalue weighted by molar-refractivity contribution is 6.31. The minimum absolute atomic E-state index is 0.336. The van der Waals surface area contributed by atoms with Gasteiger partial charge in [0.25, 0.3) is 0 Å². The number of benzene rings is 1. The monoisotopic (exact) mass is 312 g/mol. The number of rotatable bonds is 2. The van der Waals surface area contributed by atoms with Crippen molar-refractivity contribution in [3.63, 3.8) is 0 Å². The lowest BCUT2D eigenvalue weighted by molar-refractivity contribution is 0.0108. The van der Waals surface area contributed by atoms with Gasteiger partial charge in [-0.15, -0.1) is 0 Å². The first-order chi connectivity index (χ1) is 10.7. The minimum Gasteiger partial charge on any atom is -0.379 e. The van der Waals surface area contributed by atoms with E-state index in [9.17, 15) is 0 Å². The summed E-state index contributed by atoms with van der Waals surface area (Å²) in [5, 5.41) is 5.92. The number of aromatic nitrogens is 1. The standard InChI is InChI=1S/C19H21ClN2/c20-15-1-2-16-17(3-4-21-18(16)8-15)22-19-9-12-5-13(10-19)7-14(6-12)11-19/h1-4,8,12-14H,5-7,9-11H2,(H,21,22). The first kappa shape index (κ1) is 13.2. The molecule has 1 heterocycles. The molecule has 22 heavy (non-hydrogen) atoms. The van der Waals surface area contributed by atoms with E-state index in [1.807, 2.05) is 18.3 Å². The summed E-state index contributed by atoms with van der Waals surface area (Å²) < 4.78 is 0. The molecular weight excluding hydrogens is 292 g/mol. The maximum absolute atomic E-state index is 6.11. The van der Waals surface area contributed by atoms with Crippen LogP contribution in [0.5, 0.6) is 0 Å². The zero-order chi connectivity index (χ0) is 14.7. The van der Waals surface area contributed by atoms with E-state index in [2.05, 4.69) is 22.4 Å². The second-order valence-corrected chi connectivity index (χ2v) is 8.28. The van der Waals surface area contributed by atoms with Gasteiger partial charge in [-0.1, -0.05) is 11.6 Å². The van der Waals surface area contributed by atoms with Gasteiger partial charge in [-0.3, -0.25) is 4.98 Å². The molecule has 4 fully saturated rings. The fourth-order valence-corrected chi connectivity index (χ4v) is 5.95. The van der Waals surface area contributed by atoms with Gasteiger partial charge in [0.15, 0.2) is 0 Å². The van der Waals surface area contributed by atoms with E-state index in [1.54, 1.807) is 0 Å². The fourth-order valence-electron chi connectivity index (χ4n) is 5.78. The van der Waals surface area contributed by atoms with Gasteiger partial charge in [-0.2, -0.15) is 0 Å². The van der Waals surface area contributed by atoms with E-state index in [0.717, 1.165) is 28.3 Å². The summed E-state index contributed by atoms with van der Waals surface area (Å²) in [6.45, 7) is 0. The lowest BCUT2D eigenvalue weighted by Crippen LogP contribution is -2.54. The summed E-state index contributed by atoms with van der Waals surface area (Å²) in [6.07, 6.45) is 10.4. The van der Waals surface area contributed by atoms with Crippen molar-refractivity contribution in [3.8, 4) is 0 Å². The molecule has 3 heteroatoms. The Labute approximate surface area is 136 Å². The Kier molecular flexibility index (Phi) is 2.76. The van der Waals surface area contributed by atoms with E-state index in [0.29, 0.717) is 5.54 Å². The SMILES string of the molecule is Clc1ccc2c(NC34CC5CC(CC(C5)C3)C4)ccnc2c1. The smallest absolute Gasteiger partial charge is 0.0737 e. The third kappa shape index (κ3) is 2.04. The summed E-state index contributed by atoms with van der Waals surface area (Å²) >= 11 is 6.11. The van der Waals surface area contributed by atoms with E-state index >= 15 is 0 Å². The van der Waals surface area contributed by atoms with Gasteiger partial charge in [0, 0.05) is 27.8 Å². The number of anilines is 1. The van der Waals surface area contributed by atoms with Gasteiger partial charge >= 0.3 is 0 Å². The Hall–Kier alpha value is -1.28. The predicted molar refractivity (Wildman–Crippen MR) is 91.3 cm³/mol. The third-order valence-electron chi connectivity index (χ3n) is 6.14. The molecule has 2 nitrogen and oxygen atoms in total. The van der Waals surface area contributed by atoms with E-state index in [4.69, 9.17) is 11.6 Å². The van der Waals surface area contributed by atoms with Crippen molar-refractivity contribution < 1.29 is 0 Å². The Morgan fingerprint density at radius 3 is 2.36 bits per heavy atom.